The van der Waals surface area contributed by atoms with Gasteiger partial charge < -0.3 is 5.32 Å². The number of nitrogens with one attached hydrogen (secondary N) is 1. The fourth-order valence-electron chi connectivity index (χ4n) is 2.08. The Bertz CT molecular complexity index is 534. The molecule has 1 N–H and O–H groups in total. The van der Waals surface area contributed by atoms with Crippen LogP contribution in [0.15, 0.2) is 35.8 Å². The zero-order valence-electron chi connectivity index (χ0n) is 11.9. The molecule has 1 heterocycles. The molecular weight excluding hydrogens is 268 g/mol. The van der Waals surface area contributed by atoms with Crippen molar-refractivity contribution in [2.24, 2.45) is 0 Å². The van der Waals surface area contributed by atoms with Crippen molar-refractivity contribution in [1.29, 1.82) is 0 Å². The second kappa shape index (κ2) is 7.20. The van der Waals surface area contributed by atoms with Gasteiger partial charge in [-0.25, -0.2) is 4.98 Å². The van der Waals surface area contributed by atoms with Gasteiger partial charge in [-0.15, -0.1) is 11.3 Å². The zero-order valence-corrected chi connectivity index (χ0v) is 12.7. The molecular formula is C16H20N2OS. The minimum Gasteiger partial charge on any atom is -0.349 e. The van der Waals surface area contributed by atoms with Gasteiger partial charge in [0.25, 0.3) is 0 Å². The number of rotatable bonds is 6. The molecule has 1 unspecified atom stereocenters. The van der Waals surface area contributed by atoms with Crippen molar-refractivity contribution in [3.63, 3.8) is 0 Å². The predicted molar refractivity (Wildman–Crippen MR) is 82.8 cm³/mol. The Morgan fingerprint density at radius 3 is 2.70 bits per heavy atom. The topological polar surface area (TPSA) is 42.0 Å². The molecule has 2 rings (SSSR count). The maximum absolute atomic E-state index is 12.0. The third-order valence-electron chi connectivity index (χ3n) is 3.27. The van der Waals surface area contributed by atoms with Crippen LogP contribution in [0.3, 0.4) is 0 Å². The maximum atomic E-state index is 12.0. The van der Waals surface area contributed by atoms with Gasteiger partial charge in [0.05, 0.1) is 11.0 Å². The van der Waals surface area contributed by atoms with Crippen LogP contribution in [0.4, 0.5) is 0 Å². The third kappa shape index (κ3) is 4.17. The standard InChI is InChI=1S/C16H20N2OS/c1-3-14(13-6-4-12(2)5-7-13)18-15(19)8-9-16-17-10-11-20-16/h4-7,10-11,14H,3,8-9H2,1-2H3,(H,18,19). The Labute approximate surface area is 124 Å². The first-order valence-electron chi connectivity index (χ1n) is 6.93. The molecule has 0 bridgehead atoms. The van der Waals surface area contributed by atoms with Crippen molar-refractivity contribution in [3.8, 4) is 0 Å². The van der Waals surface area contributed by atoms with E-state index in [9.17, 15) is 4.79 Å². The normalized spacial score (nSPS) is 12.1. The summed E-state index contributed by atoms with van der Waals surface area (Å²) in [6.45, 7) is 4.16. The Balaban J connectivity index is 1.89. The van der Waals surface area contributed by atoms with Gasteiger partial charge in [-0.2, -0.15) is 0 Å². The van der Waals surface area contributed by atoms with Gasteiger partial charge in [0.2, 0.25) is 5.91 Å². The molecule has 0 saturated heterocycles. The SMILES string of the molecule is CCC(NC(=O)CCc1nccs1)c1ccc(C)cc1. The highest BCUT2D eigenvalue weighted by Crippen LogP contribution is 2.17. The van der Waals surface area contributed by atoms with E-state index in [1.54, 1.807) is 17.5 Å². The number of thiazole rings is 1. The number of hydrogen-bond acceptors (Lipinski definition) is 3. The summed E-state index contributed by atoms with van der Waals surface area (Å²) in [7, 11) is 0. The van der Waals surface area contributed by atoms with Gasteiger partial charge in [0.15, 0.2) is 0 Å². The number of carbonyl (C=O) groups excluding carboxylic acids is 1. The Morgan fingerprint density at radius 2 is 2.10 bits per heavy atom. The summed E-state index contributed by atoms with van der Waals surface area (Å²) in [5.74, 6) is 0.0904. The Hall–Kier alpha value is -1.68. The van der Waals surface area contributed by atoms with E-state index in [-0.39, 0.29) is 11.9 Å². The van der Waals surface area contributed by atoms with Crippen LogP contribution in [0.1, 0.15) is 41.9 Å². The summed E-state index contributed by atoms with van der Waals surface area (Å²) in [5.41, 5.74) is 2.40. The third-order valence-corrected chi connectivity index (χ3v) is 4.11. The molecule has 0 aliphatic heterocycles. The van der Waals surface area contributed by atoms with E-state index in [1.807, 2.05) is 5.38 Å². The van der Waals surface area contributed by atoms with Crippen LogP contribution in [-0.2, 0) is 11.2 Å². The number of hydrogen-bond donors (Lipinski definition) is 1. The van der Waals surface area contributed by atoms with Crippen molar-refractivity contribution >= 4 is 17.2 Å². The van der Waals surface area contributed by atoms with Crippen molar-refractivity contribution in [1.82, 2.24) is 10.3 Å². The molecule has 3 nitrogen and oxygen atoms in total. The van der Waals surface area contributed by atoms with Gasteiger partial charge in [-0.05, 0) is 18.9 Å². The number of amides is 1. The molecule has 0 saturated carbocycles. The van der Waals surface area contributed by atoms with Crippen LogP contribution in [0.5, 0.6) is 0 Å². The van der Waals surface area contributed by atoms with E-state index in [0.29, 0.717) is 12.8 Å². The van der Waals surface area contributed by atoms with Gasteiger partial charge >= 0.3 is 0 Å². The molecule has 1 amide bonds. The quantitative estimate of drug-likeness (QED) is 0.881. The number of nitrogens with zero attached hydrogens (tertiary/aromatic N) is 1. The van der Waals surface area contributed by atoms with Crippen LogP contribution < -0.4 is 5.32 Å². The lowest BCUT2D eigenvalue weighted by molar-refractivity contribution is -0.121. The lowest BCUT2D eigenvalue weighted by Crippen LogP contribution is -2.28. The highest BCUT2D eigenvalue weighted by Gasteiger charge is 2.12. The maximum Gasteiger partial charge on any atom is 0.220 e. The van der Waals surface area contributed by atoms with Crippen LogP contribution >= 0.6 is 11.3 Å². The molecule has 0 aliphatic rings. The first-order valence-corrected chi connectivity index (χ1v) is 7.81. The Morgan fingerprint density at radius 1 is 1.35 bits per heavy atom. The van der Waals surface area contributed by atoms with E-state index in [4.69, 9.17) is 0 Å². The van der Waals surface area contributed by atoms with Gasteiger partial charge in [0.1, 0.15) is 0 Å². The summed E-state index contributed by atoms with van der Waals surface area (Å²) in [6, 6.07) is 8.44. The van der Waals surface area contributed by atoms with Gasteiger partial charge in [-0.3, -0.25) is 4.79 Å². The van der Waals surface area contributed by atoms with E-state index >= 15 is 0 Å². The van der Waals surface area contributed by atoms with Crippen molar-refractivity contribution in [3.05, 3.63) is 52.0 Å². The lowest BCUT2D eigenvalue weighted by atomic mass is 10.0. The van der Waals surface area contributed by atoms with Crippen LogP contribution in [0, 0.1) is 6.92 Å². The molecule has 1 aromatic heterocycles. The van der Waals surface area contributed by atoms with E-state index in [1.165, 1.54) is 11.1 Å². The van der Waals surface area contributed by atoms with Crippen molar-refractivity contribution in [2.75, 3.05) is 0 Å². The number of aromatic nitrogens is 1. The number of carbonyl (C=O) groups is 1. The molecule has 20 heavy (non-hydrogen) atoms. The molecule has 0 radical (unpaired) electrons. The average Bonchev–Trinajstić information content (AvgIpc) is 2.97. The summed E-state index contributed by atoms with van der Waals surface area (Å²) in [5, 5.41) is 6.06. The van der Waals surface area contributed by atoms with E-state index < -0.39 is 0 Å². The first-order chi connectivity index (χ1) is 9.69. The highest BCUT2D eigenvalue weighted by molar-refractivity contribution is 7.09. The molecule has 0 fully saturated rings. The van der Waals surface area contributed by atoms with Crippen molar-refractivity contribution in [2.45, 2.75) is 39.2 Å². The summed E-state index contributed by atoms with van der Waals surface area (Å²) < 4.78 is 0. The summed E-state index contributed by atoms with van der Waals surface area (Å²) >= 11 is 1.60. The molecule has 1 atom stereocenters. The number of aryl methyl sites for hydroxylation is 2. The second-order valence-corrected chi connectivity index (χ2v) is 5.84. The minimum absolute atomic E-state index is 0.0904. The fraction of sp³-hybridized carbons (Fsp3) is 0.375. The molecule has 106 valence electrons. The van der Waals surface area contributed by atoms with E-state index in [2.05, 4.69) is 48.4 Å². The van der Waals surface area contributed by atoms with Crippen LogP contribution in [0.2, 0.25) is 0 Å². The fourth-order valence-corrected chi connectivity index (χ4v) is 2.70. The lowest BCUT2D eigenvalue weighted by Gasteiger charge is -2.17. The van der Waals surface area contributed by atoms with E-state index in [0.717, 1.165) is 11.4 Å². The number of benzene rings is 1. The molecule has 2 aromatic rings. The zero-order chi connectivity index (χ0) is 14.4. The van der Waals surface area contributed by atoms with Crippen LogP contribution in [0.25, 0.3) is 0 Å². The minimum atomic E-state index is 0.0904. The summed E-state index contributed by atoms with van der Waals surface area (Å²) in [6.07, 6.45) is 3.88. The molecule has 1 aromatic carbocycles. The molecule has 0 spiro atoms. The average molecular weight is 288 g/mol. The monoisotopic (exact) mass is 288 g/mol. The molecule has 0 aliphatic carbocycles. The highest BCUT2D eigenvalue weighted by atomic mass is 32.1. The van der Waals surface area contributed by atoms with Crippen molar-refractivity contribution < 1.29 is 4.79 Å². The second-order valence-electron chi connectivity index (χ2n) is 4.86. The smallest absolute Gasteiger partial charge is 0.220 e. The summed E-state index contributed by atoms with van der Waals surface area (Å²) in [4.78, 5) is 16.2. The Kier molecular flexibility index (Phi) is 5.30. The van der Waals surface area contributed by atoms with Crippen LogP contribution in [-0.4, -0.2) is 10.9 Å². The predicted octanol–water partition coefficient (Wildman–Crippen LogP) is 3.65. The van der Waals surface area contributed by atoms with Gasteiger partial charge in [0, 0.05) is 24.4 Å². The first kappa shape index (κ1) is 14.7. The largest absolute Gasteiger partial charge is 0.349 e. The molecule has 4 heteroatoms. The van der Waals surface area contributed by atoms with Gasteiger partial charge in [-0.1, -0.05) is 36.8 Å².